The molecule has 0 bridgehead atoms. The molecule has 0 spiro atoms. The molecule has 0 saturated heterocycles. The third kappa shape index (κ3) is 1.78. The van der Waals surface area contributed by atoms with Crippen LogP contribution in [0.5, 0.6) is 0 Å². The number of nitrogens with one attached hydrogen (secondary N) is 2. The Balaban J connectivity index is 1.97. The van der Waals surface area contributed by atoms with Gasteiger partial charge >= 0.3 is 0 Å². The number of aromatic nitrogens is 4. The van der Waals surface area contributed by atoms with Crippen molar-refractivity contribution in [1.82, 2.24) is 20.2 Å². The average Bonchev–Trinajstić information content (AvgIpc) is 3.10. The van der Waals surface area contributed by atoms with Gasteiger partial charge in [0.2, 0.25) is 0 Å². The molecule has 2 N–H and O–H groups in total. The Bertz CT molecular complexity index is 1020. The summed E-state index contributed by atoms with van der Waals surface area (Å²) in [4.78, 5) is 11.5. The number of aryl methyl sites for hydroxylation is 2. The van der Waals surface area contributed by atoms with Gasteiger partial charge in [0, 0.05) is 5.39 Å². The van der Waals surface area contributed by atoms with E-state index in [0.717, 1.165) is 27.6 Å². The van der Waals surface area contributed by atoms with Gasteiger partial charge < -0.3 is 4.98 Å². The minimum Gasteiger partial charge on any atom is -0.337 e. The maximum absolute atomic E-state index is 7.15. The number of nitrogens with zero attached hydrogens (tertiary/aromatic N) is 3. The largest absolute Gasteiger partial charge is 0.337 e. The molecule has 2 aromatic carbocycles. The summed E-state index contributed by atoms with van der Waals surface area (Å²) in [6.45, 7) is 11.3. The molecule has 4 aromatic rings. The molecule has 0 atom stereocenters. The number of hydrogen-bond acceptors (Lipinski definition) is 2. The van der Waals surface area contributed by atoms with E-state index in [0.29, 0.717) is 11.5 Å². The normalized spacial score (nSPS) is 11.1. The Hall–Kier alpha value is -3.13. The zero-order valence-electron chi connectivity index (χ0n) is 12.2. The highest BCUT2D eigenvalue weighted by Crippen LogP contribution is 2.29. The summed E-state index contributed by atoms with van der Waals surface area (Å²) in [5, 5.41) is 8.26. The van der Waals surface area contributed by atoms with Gasteiger partial charge in [-0.2, -0.15) is 5.10 Å². The Kier molecular flexibility index (Phi) is 2.54. The first kappa shape index (κ1) is 12.6. The molecule has 0 aliphatic heterocycles. The van der Waals surface area contributed by atoms with Crippen LogP contribution in [0.3, 0.4) is 0 Å². The molecule has 4 rings (SSSR count). The van der Waals surface area contributed by atoms with Crippen molar-refractivity contribution in [3.63, 3.8) is 0 Å². The van der Waals surface area contributed by atoms with Crippen molar-refractivity contribution in [1.29, 1.82) is 0 Å². The van der Waals surface area contributed by atoms with E-state index in [4.69, 9.17) is 6.57 Å². The van der Waals surface area contributed by atoms with E-state index in [9.17, 15) is 0 Å². The second-order valence-electron chi connectivity index (χ2n) is 5.45. The van der Waals surface area contributed by atoms with Gasteiger partial charge in [0.05, 0.1) is 23.1 Å². The maximum Gasteiger partial charge on any atom is 0.188 e. The summed E-state index contributed by atoms with van der Waals surface area (Å²) in [5.41, 5.74) is 6.60. The third-order valence-corrected chi connectivity index (χ3v) is 4.00. The number of benzene rings is 2. The van der Waals surface area contributed by atoms with Crippen molar-refractivity contribution < 1.29 is 0 Å². The van der Waals surface area contributed by atoms with Crippen LogP contribution in [0.2, 0.25) is 0 Å². The number of fused-ring (bicyclic) bond motifs is 2. The van der Waals surface area contributed by atoms with Gasteiger partial charge in [-0.15, -0.1) is 0 Å². The number of H-pyrrole nitrogens is 2. The van der Waals surface area contributed by atoms with Crippen molar-refractivity contribution in [2.45, 2.75) is 13.8 Å². The lowest BCUT2D eigenvalue weighted by Crippen LogP contribution is -1.81. The summed E-state index contributed by atoms with van der Waals surface area (Å²) in [7, 11) is 0. The quantitative estimate of drug-likeness (QED) is 0.513. The van der Waals surface area contributed by atoms with Crippen molar-refractivity contribution >= 4 is 27.6 Å². The third-order valence-electron chi connectivity index (χ3n) is 4.00. The maximum atomic E-state index is 7.15. The zero-order valence-corrected chi connectivity index (χ0v) is 12.2. The molecule has 5 nitrogen and oxygen atoms in total. The standard InChI is InChI=1S/C17H13N5/c1-9-6-14-15(7-10(9)2)20-17(19-14)16-12-8-11(18-3)4-5-13(12)21-22-16/h4-8H,1-2H3,(H,19,20)(H,21,22). The average molecular weight is 287 g/mol. The number of hydrogen-bond donors (Lipinski definition) is 2. The van der Waals surface area contributed by atoms with E-state index in [1.807, 2.05) is 12.1 Å². The van der Waals surface area contributed by atoms with Crippen LogP contribution >= 0.6 is 0 Å². The fourth-order valence-electron chi connectivity index (χ4n) is 2.63. The molecular weight excluding hydrogens is 274 g/mol. The first-order valence-electron chi connectivity index (χ1n) is 6.98. The summed E-state index contributed by atoms with van der Waals surface area (Å²) in [6.07, 6.45) is 0. The summed E-state index contributed by atoms with van der Waals surface area (Å²) < 4.78 is 0. The smallest absolute Gasteiger partial charge is 0.188 e. The van der Waals surface area contributed by atoms with Gasteiger partial charge in [-0.25, -0.2) is 9.83 Å². The lowest BCUT2D eigenvalue weighted by Gasteiger charge is -1.97. The van der Waals surface area contributed by atoms with Gasteiger partial charge in [-0.3, -0.25) is 5.10 Å². The molecule has 22 heavy (non-hydrogen) atoms. The predicted octanol–water partition coefficient (Wildman–Crippen LogP) is 4.27. The van der Waals surface area contributed by atoms with E-state index < -0.39 is 0 Å². The van der Waals surface area contributed by atoms with Crippen LogP contribution in [0, 0.1) is 20.4 Å². The molecule has 0 fully saturated rings. The number of rotatable bonds is 1. The minimum absolute atomic E-state index is 0.595. The zero-order chi connectivity index (χ0) is 15.3. The summed E-state index contributed by atoms with van der Waals surface area (Å²) in [5.74, 6) is 0.716. The van der Waals surface area contributed by atoms with E-state index >= 15 is 0 Å². The molecule has 2 aromatic heterocycles. The molecule has 0 saturated carbocycles. The lowest BCUT2D eigenvalue weighted by molar-refractivity contribution is 1.11. The highest BCUT2D eigenvalue weighted by molar-refractivity contribution is 5.95. The second kappa shape index (κ2) is 4.43. The fourth-order valence-corrected chi connectivity index (χ4v) is 2.63. The van der Waals surface area contributed by atoms with Gasteiger partial charge in [-0.1, -0.05) is 6.07 Å². The molecule has 0 aliphatic rings. The number of imidazole rings is 1. The topological polar surface area (TPSA) is 61.7 Å². The van der Waals surface area contributed by atoms with Crippen LogP contribution in [0.15, 0.2) is 30.3 Å². The lowest BCUT2D eigenvalue weighted by atomic mass is 10.1. The summed E-state index contributed by atoms with van der Waals surface area (Å²) >= 11 is 0. The first-order chi connectivity index (χ1) is 10.7. The monoisotopic (exact) mass is 287 g/mol. The highest BCUT2D eigenvalue weighted by Gasteiger charge is 2.13. The van der Waals surface area contributed by atoms with E-state index in [-0.39, 0.29) is 0 Å². The van der Waals surface area contributed by atoms with E-state index in [2.05, 4.69) is 51.0 Å². The number of aromatic amines is 2. The van der Waals surface area contributed by atoms with Gasteiger partial charge in [-0.05, 0) is 49.2 Å². The van der Waals surface area contributed by atoms with Crippen LogP contribution in [0.1, 0.15) is 11.1 Å². The molecule has 2 heterocycles. The highest BCUT2D eigenvalue weighted by atomic mass is 15.1. The van der Waals surface area contributed by atoms with Gasteiger partial charge in [0.15, 0.2) is 11.5 Å². The Morgan fingerprint density at radius 2 is 1.86 bits per heavy atom. The Morgan fingerprint density at radius 1 is 1.05 bits per heavy atom. The van der Waals surface area contributed by atoms with E-state index in [1.165, 1.54) is 11.1 Å². The first-order valence-corrected chi connectivity index (χ1v) is 6.98. The SMILES string of the molecule is [C-]#[N+]c1ccc2[nH]nc(-c3nc4cc(C)c(C)cc4[nH]3)c2c1. The van der Waals surface area contributed by atoms with Crippen LogP contribution in [0.25, 0.3) is 38.3 Å². The van der Waals surface area contributed by atoms with Crippen LogP contribution < -0.4 is 0 Å². The Morgan fingerprint density at radius 3 is 2.68 bits per heavy atom. The molecule has 0 aliphatic carbocycles. The fraction of sp³-hybridized carbons (Fsp3) is 0.118. The van der Waals surface area contributed by atoms with Gasteiger partial charge in [0.25, 0.3) is 0 Å². The van der Waals surface area contributed by atoms with Crippen LogP contribution in [-0.2, 0) is 0 Å². The summed E-state index contributed by atoms with van der Waals surface area (Å²) in [6, 6.07) is 9.66. The van der Waals surface area contributed by atoms with Crippen molar-refractivity contribution in [2.24, 2.45) is 0 Å². The molecule has 0 amide bonds. The molecule has 5 heteroatoms. The van der Waals surface area contributed by atoms with Crippen molar-refractivity contribution in [3.8, 4) is 11.5 Å². The van der Waals surface area contributed by atoms with Crippen molar-refractivity contribution in [2.75, 3.05) is 0 Å². The molecular formula is C17H13N5. The van der Waals surface area contributed by atoms with Crippen LogP contribution in [-0.4, -0.2) is 20.2 Å². The van der Waals surface area contributed by atoms with Gasteiger partial charge in [0.1, 0.15) is 5.69 Å². The molecule has 0 unspecified atom stereocenters. The van der Waals surface area contributed by atoms with Crippen LogP contribution in [0.4, 0.5) is 5.69 Å². The Labute approximate surface area is 126 Å². The minimum atomic E-state index is 0.595. The molecule has 106 valence electrons. The molecule has 0 radical (unpaired) electrons. The van der Waals surface area contributed by atoms with Crippen molar-refractivity contribution in [3.05, 3.63) is 52.9 Å². The van der Waals surface area contributed by atoms with E-state index in [1.54, 1.807) is 6.07 Å². The second-order valence-corrected chi connectivity index (χ2v) is 5.45. The predicted molar refractivity (Wildman–Crippen MR) is 86.9 cm³/mol.